The lowest BCUT2D eigenvalue weighted by molar-refractivity contribution is -0.172. The third-order valence-electron chi connectivity index (χ3n) is 20.3. The molecule has 0 unspecified atom stereocenters. The Morgan fingerprint density at radius 3 is 1.38 bits per heavy atom. The number of cyclic esters (lactones) is 2. The van der Waals surface area contributed by atoms with Crippen LogP contribution in [0.1, 0.15) is 151 Å². The highest BCUT2D eigenvalue weighted by Gasteiger charge is 2.48. The first-order valence-electron chi connectivity index (χ1n) is 35.7. The smallest absolute Gasteiger partial charge is 0.343 e. The molecule has 105 heavy (non-hydrogen) atoms. The van der Waals surface area contributed by atoms with Crippen LogP contribution in [0.5, 0.6) is 0 Å². The Hall–Kier alpha value is -9.31. The number of pyridine rings is 4. The number of anilines is 2. The Labute approximate surface area is 608 Å². The van der Waals surface area contributed by atoms with E-state index in [4.69, 9.17) is 55.3 Å². The molecule has 6 aliphatic rings. The molecule has 2 aromatic carbocycles. The minimum absolute atomic E-state index is 0. The van der Waals surface area contributed by atoms with Crippen molar-refractivity contribution in [1.82, 2.24) is 35.1 Å². The number of terminal acetylenes is 1. The molecule has 0 radical (unpaired) electrons. The second-order valence-electron chi connectivity index (χ2n) is 27.7. The molecule has 28 heteroatoms. The standard InChI is InChI=1S/C45H57N5O12.C31H35N5O6.CH4/c1-6-14-57-16-18-59-20-22-61-23-21-60-19-17-58-15-13-37(51)49-39(27(3)4)42(53)46-28(5)41(52)48-34-11-12-35-38-29(9-8-10-30(34)38)31-25-50-36(40(31)47-35)24-33-32(43(50)54)26-62-44(55)45(33,56)7-2;1-5-31(41)20-11-23-26-18(12-36(23)29(39)19(20)13-42-30(31)40)16-7-6-8-17-21(9-10-22(34-26)24(16)17)35-27(37)15(4)33-28(38)25(32)14(2)3;/h1,11-12,24,27-28,39,56H,7-10,13-23,25-26H2,2-5H3,(H,46,53)(H,48,52)(H,49,51);9-11,14-15,25,41H,5-8,12-13,32H2,1-4H3,(H,33,38)(H,35,37);1H4/t28-,39-,45-;15-,25-,31-;/m00./s1. The van der Waals surface area contributed by atoms with Crippen LogP contribution in [-0.2, 0) is 130 Å². The van der Waals surface area contributed by atoms with Gasteiger partial charge in [-0.2, -0.15) is 0 Å². The summed E-state index contributed by atoms with van der Waals surface area (Å²) in [6.45, 7) is 17.7. The van der Waals surface area contributed by atoms with Gasteiger partial charge in [-0.15, -0.1) is 6.42 Å². The largest absolute Gasteiger partial charge is 0.458 e. The first kappa shape index (κ1) is 78.3. The SMILES string of the molecule is C.C#CCOCCOCCOCCOCCOCCC(=O)N[C@H](C(=O)N[C@@H](C)C(=O)Nc1ccc2nc3c(c4c2c1CCC4)Cn1c-3cc2c(c1=O)COC(=O)[C@]2(O)CC)C(C)C.CC[C@@]1(O)C(=O)OCc2c1cc1n(c2=O)Cc2c-1nc1ccc(NC(=O)[C@H](C)NC(=O)[C@@H](N)C(C)C)c3c1c2CCC3. The summed E-state index contributed by atoms with van der Waals surface area (Å²) in [6, 6.07) is 7.41. The Bertz CT molecular complexity index is 4560. The van der Waals surface area contributed by atoms with Gasteiger partial charge < -0.3 is 84.8 Å². The maximum Gasteiger partial charge on any atom is 0.343 e. The van der Waals surface area contributed by atoms with Gasteiger partial charge in [0.2, 0.25) is 29.5 Å². The van der Waals surface area contributed by atoms with Crippen LogP contribution in [0, 0.1) is 24.2 Å². The zero-order chi connectivity index (χ0) is 74.5. The third kappa shape index (κ3) is 15.8. The molecule has 6 atom stereocenters. The first-order valence-corrected chi connectivity index (χ1v) is 35.7. The van der Waals surface area contributed by atoms with Crippen molar-refractivity contribution in [3.63, 3.8) is 0 Å². The molecule has 4 aliphatic heterocycles. The van der Waals surface area contributed by atoms with E-state index >= 15 is 0 Å². The summed E-state index contributed by atoms with van der Waals surface area (Å²) < 4.78 is 40.6. The molecule has 0 bridgehead atoms. The van der Waals surface area contributed by atoms with Crippen LogP contribution in [0.4, 0.5) is 11.4 Å². The molecule has 9 N–H and O–H groups in total. The zero-order valence-corrected chi connectivity index (χ0v) is 60.1. The number of nitrogens with one attached hydrogen (secondary N) is 5. The average Bonchev–Trinajstić information content (AvgIpc) is 1.60. The molecule has 0 saturated carbocycles. The van der Waals surface area contributed by atoms with E-state index in [-0.39, 0.29) is 129 Å². The van der Waals surface area contributed by atoms with E-state index in [2.05, 4.69) is 32.5 Å². The number of benzene rings is 2. The molecular formula is C77H96N10O18. The highest BCUT2D eigenvalue weighted by Crippen LogP contribution is 2.46. The van der Waals surface area contributed by atoms with Crippen LogP contribution in [0.2, 0.25) is 0 Å². The fourth-order valence-corrected chi connectivity index (χ4v) is 14.4. The summed E-state index contributed by atoms with van der Waals surface area (Å²) in [4.78, 5) is 128. The molecule has 562 valence electrons. The van der Waals surface area contributed by atoms with E-state index in [1.165, 1.54) is 0 Å². The summed E-state index contributed by atoms with van der Waals surface area (Å²) in [7, 11) is 0. The van der Waals surface area contributed by atoms with Crippen LogP contribution >= 0.6 is 0 Å². The van der Waals surface area contributed by atoms with Gasteiger partial charge in [0.05, 0.1) is 124 Å². The number of aryl methyl sites for hydroxylation is 4. The Morgan fingerprint density at radius 2 is 0.971 bits per heavy atom. The highest BCUT2D eigenvalue weighted by molar-refractivity contribution is 6.04. The lowest BCUT2D eigenvalue weighted by Crippen LogP contribution is -2.53. The van der Waals surface area contributed by atoms with Gasteiger partial charge in [-0.1, -0.05) is 54.9 Å². The van der Waals surface area contributed by atoms with E-state index in [1.54, 1.807) is 55.0 Å². The van der Waals surface area contributed by atoms with Crippen LogP contribution in [-0.4, -0.2) is 161 Å². The van der Waals surface area contributed by atoms with Crippen LogP contribution in [0.15, 0.2) is 46.0 Å². The van der Waals surface area contributed by atoms with Gasteiger partial charge in [-0.05, 0) is 136 Å². The summed E-state index contributed by atoms with van der Waals surface area (Å²) in [5.41, 5.74) is 13.6. The van der Waals surface area contributed by atoms with Crippen LogP contribution < -0.4 is 43.4 Å². The van der Waals surface area contributed by atoms with E-state index in [0.717, 1.165) is 81.8 Å². The number of aromatic nitrogens is 4. The van der Waals surface area contributed by atoms with Gasteiger partial charge in [0, 0.05) is 50.8 Å². The van der Waals surface area contributed by atoms with Crippen molar-refractivity contribution in [1.29, 1.82) is 0 Å². The molecular weight excluding hydrogens is 1350 g/mol. The van der Waals surface area contributed by atoms with Crippen molar-refractivity contribution < 1.29 is 76.9 Å². The number of nitrogens with zero attached hydrogens (tertiary/aromatic N) is 4. The van der Waals surface area contributed by atoms with Crippen molar-refractivity contribution in [3.05, 3.63) is 113 Å². The molecule has 28 nitrogen and oxygen atoms in total. The maximum atomic E-state index is 13.8. The van der Waals surface area contributed by atoms with Crippen molar-refractivity contribution in [2.75, 3.05) is 76.7 Å². The summed E-state index contributed by atoms with van der Waals surface area (Å²) in [6.07, 6.45) is 9.87. The minimum atomic E-state index is -1.92. The van der Waals surface area contributed by atoms with Crippen molar-refractivity contribution in [2.45, 2.75) is 182 Å². The van der Waals surface area contributed by atoms with E-state index in [0.29, 0.717) is 98.9 Å². The molecule has 0 fully saturated rings. The second-order valence-corrected chi connectivity index (χ2v) is 27.7. The molecule has 8 heterocycles. The Kier molecular flexibility index (Phi) is 24.9. The molecule has 12 rings (SSSR count). The van der Waals surface area contributed by atoms with Gasteiger partial charge in [0.1, 0.15) is 37.9 Å². The topological polar surface area (TPSA) is 381 Å². The van der Waals surface area contributed by atoms with Gasteiger partial charge >= 0.3 is 11.9 Å². The number of carbonyl (C=O) groups is 7. The summed E-state index contributed by atoms with van der Waals surface area (Å²) in [5.74, 6) is -1.45. The van der Waals surface area contributed by atoms with Crippen LogP contribution in [0.3, 0.4) is 0 Å². The van der Waals surface area contributed by atoms with Crippen molar-refractivity contribution in [3.8, 4) is 35.1 Å². The van der Waals surface area contributed by atoms with Gasteiger partial charge in [-0.25, -0.2) is 19.6 Å². The number of carbonyl (C=O) groups excluding carboxylic acids is 7. The average molecular weight is 1450 g/mol. The lowest BCUT2D eigenvalue weighted by atomic mass is 9.85. The Morgan fingerprint density at radius 1 is 0.562 bits per heavy atom. The normalized spacial score (nSPS) is 18.1. The molecule has 5 amide bonds. The van der Waals surface area contributed by atoms with Crippen molar-refractivity contribution in [2.24, 2.45) is 17.6 Å². The van der Waals surface area contributed by atoms with Gasteiger partial charge in [0.25, 0.3) is 11.1 Å². The number of fused-ring (bicyclic) bond motifs is 10. The number of nitrogens with two attached hydrogens (primary N) is 1. The highest BCUT2D eigenvalue weighted by atomic mass is 16.6. The lowest BCUT2D eigenvalue weighted by Gasteiger charge is -2.31. The van der Waals surface area contributed by atoms with Gasteiger partial charge in [-0.3, -0.25) is 33.6 Å². The number of amides is 5. The first-order chi connectivity index (χ1) is 49.8. The monoisotopic (exact) mass is 1450 g/mol. The number of aliphatic hydroxyl groups is 2. The predicted molar refractivity (Wildman–Crippen MR) is 389 cm³/mol. The number of esters is 2. The quantitative estimate of drug-likeness (QED) is 0.0176. The van der Waals surface area contributed by atoms with Gasteiger partial charge in [0.15, 0.2) is 11.2 Å². The number of rotatable bonds is 29. The number of hydrogen-bond acceptors (Lipinski definition) is 21. The van der Waals surface area contributed by atoms with E-state index in [1.807, 2.05) is 45.9 Å². The zero-order valence-electron chi connectivity index (χ0n) is 60.1. The molecule has 0 spiro atoms. The second kappa shape index (κ2) is 33.4. The molecule has 0 saturated heterocycles. The third-order valence-corrected chi connectivity index (χ3v) is 20.3. The van der Waals surface area contributed by atoms with E-state index < -0.39 is 59.1 Å². The van der Waals surface area contributed by atoms with Crippen molar-refractivity contribution >= 4 is 74.7 Å². The maximum absolute atomic E-state index is 13.8. The van der Waals surface area contributed by atoms with E-state index in [9.17, 15) is 53.4 Å². The fourth-order valence-electron chi connectivity index (χ4n) is 14.4. The molecule has 2 aliphatic carbocycles. The van der Waals surface area contributed by atoms with Crippen LogP contribution in [0.25, 0.3) is 44.6 Å². The number of hydrogen-bond donors (Lipinski definition) is 8. The summed E-state index contributed by atoms with van der Waals surface area (Å²) in [5, 5.41) is 38.5. The number of ether oxygens (including phenoxy) is 7. The molecule has 6 aromatic rings. The summed E-state index contributed by atoms with van der Waals surface area (Å²) >= 11 is 0. The molecule has 4 aromatic heterocycles. The minimum Gasteiger partial charge on any atom is -0.458 e. The predicted octanol–water partition coefficient (Wildman–Crippen LogP) is 4.89. The Balaban J connectivity index is 0.000000239. The fraction of sp³-hybridized carbons (Fsp3) is 0.519.